The van der Waals surface area contributed by atoms with Crippen LogP contribution in [-0.4, -0.2) is 58.5 Å². The molecule has 0 spiro atoms. The molecule has 0 aliphatic rings. The molecule has 0 saturated heterocycles. The summed E-state index contributed by atoms with van der Waals surface area (Å²) in [7, 11) is 0. The summed E-state index contributed by atoms with van der Waals surface area (Å²) in [6.45, 7) is 2.24. The van der Waals surface area contributed by atoms with E-state index < -0.39 is 17.9 Å². The van der Waals surface area contributed by atoms with Crippen LogP contribution >= 0.6 is 0 Å². The molecule has 170 valence electrons. The summed E-state index contributed by atoms with van der Waals surface area (Å²) >= 11 is 0. The summed E-state index contributed by atoms with van der Waals surface area (Å²) in [6.07, 6.45) is 20.4. The fraction of sp³-hybridized carbons (Fsp3) is 0.783. The van der Waals surface area contributed by atoms with Crippen LogP contribution in [0.3, 0.4) is 0 Å². The molecular formula is C23H43N2NaO4. The zero-order valence-corrected chi connectivity index (χ0v) is 18.3. The van der Waals surface area contributed by atoms with Gasteiger partial charge in [-0.25, -0.2) is 4.79 Å². The molecule has 0 aromatic heterocycles. The first-order valence-electron chi connectivity index (χ1n) is 11.4. The Morgan fingerprint density at radius 1 is 0.833 bits per heavy atom. The van der Waals surface area contributed by atoms with Crippen LogP contribution in [0.5, 0.6) is 0 Å². The van der Waals surface area contributed by atoms with Crippen molar-refractivity contribution in [2.45, 2.75) is 116 Å². The summed E-state index contributed by atoms with van der Waals surface area (Å²) < 4.78 is 0. The van der Waals surface area contributed by atoms with E-state index in [9.17, 15) is 14.4 Å². The van der Waals surface area contributed by atoms with Crippen molar-refractivity contribution >= 4 is 47.3 Å². The number of unbranched alkanes of at least 4 members (excludes halogenated alkanes) is 11. The van der Waals surface area contributed by atoms with E-state index in [0.29, 0.717) is 6.42 Å². The van der Waals surface area contributed by atoms with E-state index in [1.807, 2.05) is 0 Å². The zero-order valence-electron chi connectivity index (χ0n) is 18.3. The molecule has 0 rings (SSSR count). The van der Waals surface area contributed by atoms with Gasteiger partial charge in [-0.15, -0.1) is 0 Å². The van der Waals surface area contributed by atoms with Crippen LogP contribution in [0, 0.1) is 0 Å². The zero-order chi connectivity index (χ0) is 21.7. The van der Waals surface area contributed by atoms with Crippen LogP contribution in [0.1, 0.15) is 110 Å². The number of carboxylic acids is 1. The topological polar surface area (TPSA) is 109 Å². The van der Waals surface area contributed by atoms with Crippen LogP contribution in [0.4, 0.5) is 0 Å². The molecule has 0 aliphatic carbocycles. The van der Waals surface area contributed by atoms with Crippen LogP contribution in [0.2, 0.25) is 0 Å². The van der Waals surface area contributed by atoms with Crippen LogP contribution in [-0.2, 0) is 14.4 Å². The standard InChI is InChI=1S/C23H42N2O4.Na.H/c1-2-3-4-5-6-7-8-9-10-11-12-13-14-15-16-17-22(27)25-20(23(28)29)18-19-21(24)26;;/h9-10,20H,2-8,11-19H2,1H3,(H2,24,26)(H,25,27)(H,28,29);;/b10-9-;;/t20-;;/m0../s1. The number of aliphatic carboxylic acids is 1. The monoisotopic (exact) mass is 434 g/mol. The van der Waals surface area contributed by atoms with Crippen molar-refractivity contribution in [1.82, 2.24) is 5.32 Å². The average Bonchev–Trinajstić information content (AvgIpc) is 2.67. The van der Waals surface area contributed by atoms with Gasteiger partial charge in [0.1, 0.15) is 6.04 Å². The average molecular weight is 435 g/mol. The summed E-state index contributed by atoms with van der Waals surface area (Å²) in [5.74, 6) is -1.98. The number of nitrogens with one attached hydrogen (secondary N) is 1. The summed E-state index contributed by atoms with van der Waals surface area (Å²) in [5, 5.41) is 11.5. The molecule has 6 nitrogen and oxygen atoms in total. The number of rotatable bonds is 20. The van der Waals surface area contributed by atoms with Gasteiger partial charge in [0.15, 0.2) is 0 Å². The van der Waals surface area contributed by atoms with Gasteiger partial charge in [-0.1, -0.05) is 70.4 Å². The van der Waals surface area contributed by atoms with Crippen molar-refractivity contribution in [3.63, 3.8) is 0 Å². The fourth-order valence-electron chi connectivity index (χ4n) is 3.17. The molecule has 0 fully saturated rings. The second-order valence-electron chi connectivity index (χ2n) is 7.80. The summed E-state index contributed by atoms with van der Waals surface area (Å²) in [4.78, 5) is 33.7. The van der Waals surface area contributed by atoms with Gasteiger partial charge >= 0.3 is 35.5 Å². The molecule has 30 heavy (non-hydrogen) atoms. The molecule has 0 bridgehead atoms. The predicted octanol–water partition coefficient (Wildman–Crippen LogP) is 4.21. The summed E-state index contributed by atoms with van der Waals surface area (Å²) in [6, 6.07) is -1.04. The Morgan fingerprint density at radius 2 is 1.33 bits per heavy atom. The first-order chi connectivity index (χ1) is 14.0. The molecule has 0 saturated carbocycles. The third kappa shape index (κ3) is 21.8. The minimum atomic E-state index is -1.14. The Kier molecular flexibility index (Phi) is 23.8. The first kappa shape index (κ1) is 31.3. The number of carbonyl (C=O) groups is 3. The molecule has 4 N–H and O–H groups in total. The van der Waals surface area contributed by atoms with Crippen molar-refractivity contribution in [2.24, 2.45) is 5.73 Å². The number of hydrogen-bond donors (Lipinski definition) is 3. The van der Waals surface area contributed by atoms with Crippen LogP contribution in [0.15, 0.2) is 12.2 Å². The van der Waals surface area contributed by atoms with E-state index >= 15 is 0 Å². The Morgan fingerprint density at radius 3 is 1.83 bits per heavy atom. The molecular weight excluding hydrogens is 391 g/mol. The van der Waals surface area contributed by atoms with Crippen LogP contribution < -0.4 is 11.1 Å². The molecule has 0 aliphatic heterocycles. The molecule has 0 aromatic rings. The van der Waals surface area contributed by atoms with E-state index in [0.717, 1.165) is 32.1 Å². The maximum atomic E-state index is 11.8. The Labute approximate surface area is 205 Å². The van der Waals surface area contributed by atoms with Gasteiger partial charge in [-0.3, -0.25) is 9.59 Å². The van der Waals surface area contributed by atoms with Gasteiger partial charge in [0, 0.05) is 12.8 Å². The van der Waals surface area contributed by atoms with Gasteiger partial charge in [0.05, 0.1) is 0 Å². The van der Waals surface area contributed by atoms with Gasteiger partial charge in [-0.05, 0) is 38.5 Å². The fourth-order valence-corrected chi connectivity index (χ4v) is 3.17. The van der Waals surface area contributed by atoms with Crippen LogP contribution in [0.25, 0.3) is 0 Å². The third-order valence-electron chi connectivity index (χ3n) is 4.98. The van der Waals surface area contributed by atoms with Crippen molar-refractivity contribution in [3.8, 4) is 0 Å². The van der Waals surface area contributed by atoms with E-state index in [4.69, 9.17) is 10.8 Å². The van der Waals surface area contributed by atoms with E-state index in [2.05, 4.69) is 24.4 Å². The van der Waals surface area contributed by atoms with Crippen molar-refractivity contribution in [2.75, 3.05) is 0 Å². The molecule has 2 amide bonds. The number of nitrogens with two attached hydrogens (primary N) is 1. The van der Waals surface area contributed by atoms with Crippen molar-refractivity contribution < 1.29 is 19.5 Å². The van der Waals surface area contributed by atoms with E-state index in [1.165, 1.54) is 51.4 Å². The van der Waals surface area contributed by atoms with Gasteiger partial charge in [0.25, 0.3) is 0 Å². The first-order valence-corrected chi connectivity index (χ1v) is 11.4. The van der Waals surface area contributed by atoms with Crippen molar-refractivity contribution in [1.29, 1.82) is 0 Å². The Balaban J connectivity index is 0. The molecule has 0 heterocycles. The molecule has 0 aromatic carbocycles. The predicted molar refractivity (Wildman–Crippen MR) is 125 cm³/mol. The summed E-state index contributed by atoms with van der Waals surface area (Å²) in [5.41, 5.74) is 5.02. The third-order valence-corrected chi connectivity index (χ3v) is 4.98. The maximum absolute atomic E-state index is 11.8. The molecule has 1 atom stereocenters. The minimum absolute atomic E-state index is 0. The SMILES string of the molecule is CCCCCCCC/C=C\CCCCCCCC(=O)N[C@@H](CCC(N)=O)C(=O)O.[NaH]. The number of carbonyl (C=O) groups excluding carboxylic acids is 2. The normalized spacial score (nSPS) is 11.8. The van der Waals surface area contributed by atoms with Gasteiger partial charge in [-0.2, -0.15) is 0 Å². The molecule has 0 unspecified atom stereocenters. The Bertz CT molecular complexity index is 484. The second kappa shape index (κ2) is 22.8. The van der Waals surface area contributed by atoms with E-state index in [1.54, 1.807) is 0 Å². The van der Waals surface area contributed by atoms with E-state index in [-0.39, 0.29) is 48.3 Å². The Hall–Kier alpha value is -0.850. The number of carboxylic acid groups (broad SMARTS) is 1. The van der Waals surface area contributed by atoms with Gasteiger partial charge < -0.3 is 16.2 Å². The number of amides is 2. The molecule has 7 heteroatoms. The number of hydrogen-bond acceptors (Lipinski definition) is 3. The van der Waals surface area contributed by atoms with Gasteiger partial charge in [0.2, 0.25) is 11.8 Å². The number of allylic oxidation sites excluding steroid dienone is 2. The quantitative estimate of drug-likeness (QED) is 0.151. The molecule has 0 radical (unpaired) electrons. The van der Waals surface area contributed by atoms with Crippen molar-refractivity contribution in [3.05, 3.63) is 12.2 Å². The number of primary amides is 1. The second-order valence-corrected chi connectivity index (χ2v) is 7.80.